The monoisotopic (exact) mass is 185 g/mol. The van der Waals surface area contributed by atoms with Gasteiger partial charge in [-0.05, 0) is 19.0 Å². The van der Waals surface area contributed by atoms with E-state index >= 15 is 0 Å². The van der Waals surface area contributed by atoms with E-state index < -0.39 is 0 Å². The van der Waals surface area contributed by atoms with E-state index in [0.717, 1.165) is 12.0 Å². The lowest BCUT2D eigenvalue weighted by Gasteiger charge is -2.10. The Morgan fingerprint density at radius 1 is 1.58 bits per heavy atom. The average molecular weight is 186 g/mol. The molecule has 0 unspecified atom stereocenters. The largest absolute Gasteiger partial charge is 0.330 e. The van der Waals surface area contributed by atoms with E-state index in [9.17, 15) is 0 Å². The molecule has 0 fully saturated rings. The van der Waals surface area contributed by atoms with Gasteiger partial charge >= 0.3 is 0 Å². The van der Waals surface area contributed by atoms with Crippen LogP contribution in [0.5, 0.6) is 0 Å². The average Bonchev–Trinajstić information content (AvgIpc) is 2.05. The molecule has 0 bridgehead atoms. The molecule has 4 N–H and O–H groups in total. The van der Waals surface area contributed by atoms with Crippen LogP contribution in [-0.2, 0) is 0 Å². The van der Waals surface area contributed by atoms with Crippen molar-refractivity contribution < 1.29 is 0 Å². The molecule has 1 aromatic heterocycles. The zero-order valence-electron chi connectivity index (χ0n) is 6.70. The van der Waals surface area contributed by atoms with Crippen molar-refractivity contribution in [3.05, 3.63) is 29.0 Å². The normalized spacial score (nSPS) is 12.9. The summed E-state index contributed by atoms with van der Waals surface area (Å²) in [6.45, 7) is 0.562. The van der Waals surface area contributed by atoms with Crippen LogP contribution in [0, 0.1) is 0 Å². The summed E-state index contributed by atoms with van der Waals surface area (Å²) in [5.74, 6) is 0. The molecule has 0 aliphatic rings. The lowest BCUT2D eigenvalue weighted by Crippen LogP contribution is -2.15. The fraction of sp³-hybridized carbons (Fsp3) is 0.375. The molecule has 4 heteroatoms. The van der Waals surface area contributed by atoms with Gasteiger partial charge in [-0.15, -0.1) is 0 Å². The van der Waals surface area contributed by atoms with Crippen molar-refractivity contribution in [3.63, 3.8) is 0 Å². The maximum atomic E-state index is 5.82. The van der Waals surface area contributed by atoms with Crippen LogP contribution >= 0.6 is 11.6 Å². The molecule has 3 nitrogen and oxygen atoms in total. The summed E-state index contributed by atoms with van der Waals surface area (Å²) in [5, 5.41) is 0.471. The van der Waals surface area contributed by atoms with E-state index in [-0.39, 0.29) is 6.04 Å². The van der Waals surface area contributed by atoms with E-state index in [1.165, 1.54) is 0 Å². The molecule has 12 heavy (non-hydrogen) atoms. The molecule has 0 aliphatic carbocycles. The van der Waals surface area contributed by atoms with Gasteiger partial charge in [0.15, 0.2) is 0 Å². The fourth-order valence-corrected chi connectivity index (χ4v) is 1.27. The van der Waals surface area contributed by atoms with Gasteiger partial charge in [0.2, 0.25) is 0 Å². The number of halogens is 1. The summed E-state index contributed by atoms with van der Waals surface area (Å²) in [6.07, 6.45) is 2.37. The molecule has 1 heterocycles. The predicted octanol–water partition coefficient (Wildman–Crippen LogP) is 1.08. The topological polar surface area (TPSA) is 64.9 Å². The maximum absolute atomic E-state index is 5.82. The van der Waals surface area contributed by atoms with Gasteiger partial charge in [-0.3, -0.25) is 0 Å². The van der Waals surface area contributed by atoms with Crippen LogP contribution in [0.3, 0.4) is 0 Å². The highest BCUT2D eigenvalue weighted by Crippen LogP contribution is 2.19. The number of pyridine rings is 1. The van der Waals surface area contributed by atoms with Gasteiger partial charge in [-0.2, -0.15) is 0 Å². The first-order valence-corrected chi connectivity index (χ1v) is 4.19. The molecule has 1 aromatic rings. The standard InChI is InChI=1S/C8H12ClN3/c9-8-6(2-1-5-12-8)7(11)3-4-10/h1-2,5,7H,3-4,10-11H2/t7-/m1/s1. The summed E-state index contributed by atoms with van der Waals surface area (Å²) < 4.78 is 0. The Balaban J connectivity index is 2.79. The molecular formula is C8H12ClN3. The molecule has 0 saturated heterocycles. The second-order valence-electron chi connectivity index (χ2n) is 2.57. The van der Waals surface area contributed by atoms with E-state index in [1.54, 1.807) is 6.20 Å². The Labute approximate surface area is 76.7 Å². The second kappa shape index (κ2) is 4.40. The first-order valence-electron chi connectivity index (χ1n) is 3.81. The smallest absolute Gasteiger partial charge is 0.133 e. The van der Waals surface area contributed by atoms with Crippen molar-refractivity contribution in [1.82, 2.24) is 4.98 Å². The Bertz CT molecular complexity index is 252. The lowest BCUT2D eigenvalue weighted by atomic mass is 10.1. The Hall–Kier alpha value is -0.640. The highest BCUT2D eigenvalue weighted by Gasteiger charge is 2.08. The van der Waals surface area contributed by atoms with Crippen LogP contribution < -0.4 is 11.5 Å². The van der Waals surface area contributed by atoms with Crippen LogP contribution in [0.25, 0.3) is 0 Å². The van der Waals surface area contributed by atoms with Crippen molar-refractivity contribution >= 4 is 11.6 Å². The first kappa shape index (κ1) is 9.45. The molecule has 0 radical (unpaired) electrons. The number of hydrogen-bond acceptors (Lipinski definition) is 3. The van der Waals surface area contributed by atoms with Crippen molar-refractivity contribution in [2.75, 3.05) is 6.54 Å². The van der Waals surface area contributed by atoms with Crippen LogP contribution in [0.2, 0.25) is 5.15 Å². The van der Waals surface area contributed by atoms with Crippen LogP contribution in [0.1, 0.15) is 18.0 Å². The van der Waals surface area contributed by atoms with Crippen molar-refractivity contribution in [3.8, 4) is 0 Å². The van der Waals surface area contributed by atoms with E-state index in [0.29, 0.717) is 11.7 Å². The summed E-state index contributed by atoms with van der Waals surface area (Å²) in [5.41, 5.74) is 12.0. The first-order chi connectivity index (χ1) is 5.75. The minimum Gasteiger partial charge on any atom is -0.330 e. The molecule has 66 valence electrons. The maximum Gasteiger partial charge on any atom is 0.133 e. The van der Waals surface area contributed by atoms with Crippen molar-refractivity contribution in [2.45, 2.75) is 12.5 Å². The Morgan fingerprint density at radius 3 is 2.92 bits per heavy atom. The van der Waals surface area contributed by atoms with Gasteiger partial charge in [0.1, 0.15) is 5.15 Å². The Morgan fingerprint density at radius 2 is 2.33 bits per heavy atom. The second-order valence-corrected chi connectivity index (χ2v) is 2.93. The summed E-state index contributed by atoms with van der Waals surface area (Å²) in [6, 6.07) is 3.59. The molecule has 0 aromatic carbocycles. The molecule has 0 spiro atoms. The lowest BCUT2D eigenvalue weighted by molar-refractivity contribution is 0.659. The zero-order valence-corrected chi connectivity index (χ0v) is 7.46. The van der Waals surface area contributed by atoms with Gasteiger partial charge in [-0.1, -0.05) is 17.7 Å². The molecule has 0 amide bonds. The summed E-state index contributed by atoms with van der Waals surface area (Å²) in [7, 11) is 0. The van der Waals surface area contributed by atoms with E-state index in [1.807, 2.05) is 12.1 Å². The SMILES string of the molecule is NCC[C@@H](N)c1cccnc1Cl. The third-order valence-corrected chi connectivity index (χ3v) is 1.98. The van der Waals surface area contributed by atoms with Crippen molar-refractivity contribution in [1.29, 1.82) is 0 Å². The van der Waals surface area contributed by atoms with E-state index in [4.69, 9.17) is 23.1 Å². The van der Waals surface area contributed by atoms with Crippen molar-refractivity contribution in [2.24, 2.45) is 11.5 Å². The number of rotatable bonds is 3. The minimum absolute atomic E-state index is 0.101. The molecule has 1 atom stereocenters. The number of nitrogens with two attached hydrogens (primary N) is 2. The van der Waals surface area contributed by atoms with Crippen LogP contribution in [-0.4, -0.2) is 11.5 Å². The molecular weight excluding hydrogens is 174 g/mol. The van der Waals surface area contributed by atoms with Crippen LogP contribution in [0.4, 0.5) is 0 Å². The van der Waals surface area contributed by atoms with Gasteiger partial charge in [0.05, 0.1) is 0 Å². The number of hydrogen-bond donors (Lipinski definition) is 2. The molecule has 0 aliphatic heterocycles. The quantitative estimate of drug-likeness (QED) is 0.693. The zero-order chi connectivity index (χ0) is 8.97. The highest BCUT2D eigenvalue weighted by molar-refractivity contribution is 6.30. The third-order valence-electron chi connectivity index (χ3n) is 1.67. The number of nitrogens with zero attached hydrogens (tertiary/aromatic N) is 1. The van der Waals surface area contributed by atoms with Gasteiger partial charge in [0, 0.05) is 17.8 Å². The third kappa shape index (κ3) is 2.17. The summed E-state index contributed by atoms with van der Waals surface area (Å²) >= 11 is 5.82. The fourth-order valence-electron chi connectivity index (χ4n) is 1.01. The van der Waals surface area contributed by atoms with E-state index in [2.05, 4.69) is 4.98 Å². The van der Waals surface area contributed by atoms with Gasteiger partial charge < -0.3 is 11.5 Å². The predicted molar refractivity (Wildman–Crippen MR) is 49.8 cm³/mol. The highest BCUT2D eigenvalue weighted by atomic mass is 35.5. The number of aromatic nitrogens is 1. The van der Waals surface area contributed by atoms with Crippen LogP contribution in [0.15, 0.2) is 18.3 Å². The molecule has 0 saturated carbocycles. The van der Waals surface area contributed by atoms with Gasteiger partial charge in [-0.25, -0.2) is 4.98 Å². The Kier molecular flexibility index (Phi) is 3.47. The van der Waals surface area contributed by atoms with Gasteiger partial charge in [0.25, 0.3) is 0 Å². The molecule has 1 rings (SSSR count). The minimum atomic E-state index is -0.101. The summed E-state index contributed by atoms with van der Waals surface area (Å²) in [4.78, 5) is 3.93.